The van der Waals surface area contributed by atoms with E-state index in [1.807, 2.05) is 14.0 Å². The first-order valence-corrected chi connectivity index (χ1v) is 7.45. The van der Waals surface area contributed by atoms with Crippen molar-refractivity contribution in [2.75, 3.05) is 13.6 Å². The molecule has 0 aromatic carbocycles. The molecule has 18 heavy (non-hydrogen) atoms. The van der Waals surface area contributed by atoms with Gasteiger partial charge in [-0.05, 0) is 31.4 Å². The maximum Gasteiger partial charge on any atom is 0.263 e. The number of thiophene rings is 1. The molecular weight excluding hydrogens is 244 g/mol. The van der Waals surface area contributed by atoms with E-state index in [4.69, 9.17) is 5.73 Å². The topological polar surface area (TPSA) is 46.3 Å². The summed E-state index contributed by atoms with van der Waals surface area (Å²) in [5.74, 6) is 0.0926. The number of hydrogen-bond donors (Lipinski definition) is 1. The van der Waals surface area contributed by atoms with Crippen LogP contribution in [-0.4, -0.2) is 30.4 Å². The molecule has 0 fully saturated rings. The van der Waals surface area contributed by atoms with Crippen LogP contribution in [0.3, 0.4) is 0 Å². The van der Waals surface area contributed by atoms with Gasteiger partial charge in [0.15, 0.2) is 0 Å². The molecule has 1 atom stereocenters. The van der Waals surface area contributed by atoms with E-state index in [9.17, 15) is 4.79 Å². The van der Waals surface area contributed by atoms with Gasteiger partial charge in [0, 0.05) is 24.5 Å². The third kappa shape index (κ3) is 3.33. The van der Waals surface area contributed by atoms with Crippen LogP contribution in [0.25, 0.3) is 0 Å². The molecule has 0 saturated heterocycles. The third-order valence-corrected chi connectivity index (χ3v) is 4.51. The number of carbonyl (C=O) groups excluding carboxylic acids is 1. The van der Waals surface area contributed by atoms with Gasteiger partial charge >= 0.3 is 0 Å². The fourth-order valence-corrected chi connectivity index (χ4v) is 3.18. The maximum atomic E-state index is 12.3. The Morgan fingerprint density at radius 3 is 2.67 bits per heavy atom. The fourth-order valence-electron chi connectivity index (χ4n) is 1.84. The molecule has 1 rings (SSSR count). The first-order valence-electron chi connectivity index (χ1n) is 6.63. The van der Waals surface area contributed by atoms with Crippen LogP contribution in [0, 0.1) is 0 Å². The van der Waals surface area contributed by atoms with Crippen LogP contribution in [-0.2, 0) is 12.8 Å². The van der Waals surface area contributed by atoms with Crippen LogP contribution in [0.2, 0.25) is 0 Å². The Morgan fingerprint density at radius 1 is 1.50 bits per heavy atom. The molecule has 0 aliphatic heterocycles. The molecule has 0 spiro atoms. The average Bonchev–Trinajstić information content (AvgIpc) is 2.79. The van der Waals surface area contributed by atoms with Crippen LogP contribution < -0.4 is 5.73 Å². The number of aryl methyl sites for hydroxylation is 2. The lowest BCUT2D eigenvalue weighted by atomic mass is 10.1. The van der Waals surface area contributed by atoms with Crippen LogP contribution in [0.5, 0.6) is 0 Å². The molecule has 0 radical (unpaired) electrons. The molecule has 102 valence electrons. The van der Waals surface area contributed by atoms with E-state index in [0.717, 1.165) is 24.1 Å². The van der Waals surface area contributed by atoms with Gasteiger partial charge in [-0.2, -0.15) is 0 Å². The molecule has 0 aliphatic rings. The monoisotopic (exact) mass is 268 g/mol. The highest BCUT2D eigenvalue weighted by atomic mass is 32.1. The molecule has 1 aromatic rings. The molecular formula is C14H24N2OS. The zero-order valence-corrected chi connectivity index (χ0v) is 12.6. The molecule has 3 nitrogen and oxygen atoms in total. The van der Waals surface area contributed by atoms with Crippen LogP contribution in [0.4, 0.5) is 0 Å². The van der Waals surface area contributed by atoms with E-state index in [2.05, 4.69) is 19.9 Å². The summed E-state index contributed by atoms with van der Waals surface area (Å²) >= 11 is 1.64. The van der Waals surface area contributed by atoms with Crippen molar-refractivity contribution in [2.24, 2.45) is 5.73 Å². The van der Waals surface area contributed by atoms with Crippen molar-refractivity contribution in [1.29, 1.82) is 0 Å². The summed E-state index contributed by atoms with van der Waals surface area (Å²) in [4.78, 5) is 16.3. The quantitative estimate of drug-likeness (QED) is 0.862. The first kappa shape index (κ1) is 15.2. The van der Waals surface area contributed by atoms with Gasteiger partial charge in [0.1, 0.15) is 0 Å². The standard InChI is InChI=1S/C14H24N2OS/c1-5-7-12-11(6-2)8-13(18-12)14(17)16(4)10(3)9-15/h8,10H,5-7,9,15H2,1-4H3. The second-order valence-corrected chi connectivity index (χ2v) is 5.80. The average molecular weight is 268 g/mol. The number of hydrogen-bond acceptors (Lipinski definition) is 3. The van der Waals surface area contributed by atoms with Gasteiger partial charge < -0.3 is 10.6 Å². The number of carbonyl (C=O) groups is 1. The molecule has 1 heterocycles. The summed E-state index contributed by atoms with van der Waals surface area (Å²) in [5, 5.41) is 0. The van der Waals surface area contributed by atoms with E-state index < -0.39 is 0 Å². The largest absolute Gasteiger partial charge is 0.337 e. The van der Waals surface area contributed by atoms with Crippen molar-refractivity contribution in [2.45, 2.75) is 46.1 Å². The van der Waals surface area contributed by atoms with Crippen molar-refractivity contribution >= 4 is 17.2 Å². The molecule has 0 bridgehead atoms. The highest BCUT2D eigenvalue weighted by Crippen LogP contribution is 2.25. The summed E-state index contributed by atoms with van der Waals surface area (Å²) < 4.78 is 0. The fraction of sp³-hybridized carbons (Fsp3) is 0.643. The minimum Gasteiger partial charge on any atom is -0.337 e. The second-order valence-electron chi connectivity index (χ2n) is 4.66. The Kier molecular flexibility index (Phi) is 5.82. The summed E-state index contributed by atoms with van der Waals surface area (Å²) in [6, 6.07) is 2.14. The lowest BCUT2D eigenvalue weighted by Gasteiger charge is -2.22. The van der Waals surface area contributed by atoms with Gasteiger partial charge in [-0.3, -0.25) is 4.79 Å². The Bertz CT molecular complexity index is 400. The summed E-state index contributed by atoms with van der Waals surface area (Å²) in [5.41, 5.74) is 6.93. The number of amides is 1. The zero-order valence-electron chi connectivity index (χ0n) is 11.8. The Balaban J connectivity index is 2.92. The van der Waals surface area contributed by atoms with Crippen LogP contribution in [0.1, 0.15) is 47.3 Å². The van der Waals surface area contributed by atoms with Crippen molar-refractivity contribution in [3.05, 3.63) is 21.4 Å². The highest BCUT2D eigenvalue weighted by Gasteiger charge is 2.19. The van der Waals surface area contributed by atoms with Gasteiger partial charge in [-0.25, -0.2) is 0 Å². The number of rotatable bonds is 6. The molecule has 0 saturated carbocycles. The predicted octanol–water partition coefficient (Wildman–Crippen LogP) is 2.68. The molecule has 0 aliphatic carbocycles. The van der Waals surface area contributed by atoms with Gasteiger partial charge in [0.2, 0.25) is 0 Å². The molecule has 1 amide bonds. The van der Waals surface area contributed by atoms with Crippen LogP contribution in [0.15, 0.2) is 6.07 Å². The third-order valence-electron chi connectivity index (χ3n) is 3.29. The summed E-state index contributed by atoms with van der Waals surface area (Å²) in [7, 11) is 1.82. The van der Waals surface area contributed by atoms with Gasteiger partial charge in [0.25, 0.3) is 5.91 Å². The van der Waals surface area contributed by atoms with E-state index in [0.29, 0.717) is 6.54 Å². The van der Waals surface area contributed by atoms with E-state index in [-0.39, 0.29) is 11.9 Å². The lowest BCUT2D eigenvalue weighted by molar-refractivity contribution is 0.0753. The first-order chi connectivity index (χ1) is 8.54. The lowest BCUT2D eigenvalue weighted by Crippen LogP contribution is -2.39. The van der Waals surface area contributed by atoms with Crippen molar-refractivity contribution in [1.82, 2.24) is 4.90 Å². The highest BCUT2D eigenvalue weighted by molar-refractivity contribution is 7.14. The molecule has 1 unspecified atom stereocenters. The number of likely N-dealkylation sites (N-methyl/N-ethyl adjacent to an activating group) is 1. The predicted molar refractivity (Wildman–Crippen MR) is 78.3 cm³/mol. The summed E-state index contributed by atoms with van der Waals surface area (Å²) in [6.07, 6.45) is 3.18. The van der Waals surface area contributed by atoms with E-state index >= 15 is 0 Å². The number of nitrogens with two attached hydrogens (primary N) is 1. The Morgan fingerprint density at radius 2 is 2.17 bits per heavy atom. The number of nitrogens with zero attached hydrogens (tertiary/aromatic N) is 1. The molecule has 2 N–H and O–H groups in total. The smallest absolute Gasteiger partial charge is 0.263 e. The normalized spacial score (nSPS) is 12.5. The minimum absolute atomic E-state index is 0.0827. The van der Waals surface area contributed by atoms with Gasteiger partial charge in [-0.1, -0.05) is 20.3 Å². The van der Waals surface area contributed by atoms with E-state index in [1.54, 1.807) is 16.2 Å². The van der Waals surface area contributed by atoms with Crippen LogP contribution >= 0.6 is 11.3 Å². The zero-order chi connectivity index (χ0) is 13.7. The molecule has 4 heteroatoms. The maximum absolute atomic E-state index is 12.3. The van der Waals surface area contributed by atoms with Crippen molar-refractivity contribution in [3.63, 3.8) is 0 Å². The van der Waals surface area contributed by atoms with E-state index in [1.165, 1.54) is 10.4 Å². The SMILES string of the molecule is CCCc1sc(C(=O)N(C)C(C)CN)cc1CC. The Hall–Kier alpha value is -0.870. The van der Waals surface area contributed by atoms with Gasteiger partial charge in [-0.15, -0.1) is 11.3 Å². The second kappa shape index (κ2) is 6.90. The van der Waals surface area contributed by atoms with Gasteiger partial charge in [0.05, 0.1) is 4.88 Å². The van der Waals surface area contributed by atoms with Crippen molar-refractivity contribution < 1.29 is 4.79 Å². The molecule has 1 aromatic heterocycles. The van der Waals surface area contributed by atoms with Crippen molar-refractivity contribution in [3.8, 4) is 0 Å². The Labute approximate surface area is 114 Å². The minimum atomic E-state index is 0.0827. The summed E-state index contributed by atoms with van der Waals surface area (Å²) in [6.45, 7) is 6.78.